The average Bonchev–Trinajstić information content (AvgIpc) is 2.30. The molecule has 0 saturated heterocycles. The normalized spacial score (nSPS) is 10.5. The van der Waals surface area contributed by atoms with Gasteiger partial charge in [0.2, 0.25) is 0 Å². The van der Waals surface area contributed by atoms with Crippen molar-refractivity contribution in [3.05, 3.63) is 47.0 Å². The van der Waals surface area contributed by atoms with Crippen LogP contribution in [0.2, 0.25) is 0 Å². The predicted octanol–water partition coefficient (Wildman–Crippen LogP) is 3.69. The molecule has 17 heavy (non-hydrogen) atoms. The van der Waals surface area contributed by atoms with Gasteiger partial charge in [-0.25, -0.2) is 0 Å². The first kappa shape index (κ1) is 11.5. The number of aromatic hydroxyl groups is 2. The van der Waals surface area contributed by atoms with E-state index in [4.69, 9.17) is 0 Å². The van der Waals surface area contributed by atoms with E-state index in [1.165, 1.54) is 0 Å². The second-order valence-electron chi connectivity index (χ2n) is 4.40. The maximum Gasteiger partial charge on any atom is 0.122 e. The molecule has 0 unspecified atom stereocenters. The topological polar surface area (TPSA) is 40.5 Å². The van der Waals surface area contributed by atoms with Crippen molar-refractivity contribution in [2.24, 2.45) is 0 Å². The molecule has 88 valence electrons. The highest BCUT2D eigenvalue weighted by molar-refractivity contribution is 5.72. The van der Waals surface area contributed by atoms with Crippen molar-refractivity contribution in [3.8, 4) is 22.6 Å². The van der Waals surface area contributed by atoms with Crippen LogP contribution in [0.3, 0.4) is 0 Å². The van der Waals surface area contributed by atoms with E-state index in [9.17, 15) is 10.2 Å². The lowest BCUT2D eigenvalue weighted by molar-refractivity contribution is 0.467. The summed E-state index contributed by atoms with van der Waals surface area (Å²) in [6.07, 6.45) is 0. The minimum absolute atomic E-state index is 0.280. The molecule has 0 aromatic heterocycles. The lowest BCUT2D eigenvalue weighted by Gasteiger charge is -2.11. The molecule has 0 heterocycles. The van der Waals surface area contributed by atoms with Crippen molar-refractivity contribution in [2.75, 3.05) is 0 Å². The fourth-order valence-corrected chi connectivity index (χ4v) is 1.93. The minimum atomic E-state index is 0.280. The van der Waals surface area contributed by atoms with Gasteiger partial charge in [-0.15, -0.1) is 0 Å². The second-order valence-corrected chi connectivity index (χ2v) is 4.40. The van der Waals surface area contributed by atoms with Gasteiger partial charge in [-0.2, -0.15) is 0 Å². The van der Waals surface area contributed by atoms with Gasteiger partial charge in [-0.3, -0.25) is 0 Å². The fraction of sp³-hybridized carbons (Fsp3) is 0.200. The van der Waals surface area contributed by atoms with Gasteiger partial charge in [-0.05, 0) is 54.7 Å². The summed E-state index contributed by atoms with van der Waals surface area (Å²) in [5, 5.41) is 19.6. The number of benzene rings is 2. The van der Waals surface area contributed by atoms with Crippen molar-refractivity contribution in [2.45, 2.75) is 20.8 Å². The van der Waals surface area contributed by atoms with Crippen LogP contribution in [0.5, 0.6) is 11.5 Å². The van der Waals surface area contributed by atoms with Gasteiger partial charge in [0.25, 0.3) is 0 Å². The van der Waals surface area contributed by atoms with Gasteiger partial charge in [-0.1, -0.05) is 24.3 Å². The summed E-state index contributed by atoms with van der Waals surface area (Å²) < 4.78 is 0. The Labute approximate surface area is 101 Å². The molecule has 2 aromatic rings. The Hall–Kier alpha value is -1.96. The molecule has 0 aliphatic carbocycles. The molecule has 2 nitrogen and oxygen atoms in total. The summed E-state index contributed by atoms with van der Waals surface area (Å²) in [5.41, 5.74) is 4.42. The Morgan fingerprint density at radius 2 is 1.47 bits per heavy atom. The van der Waals surface area contributed by atoms with E-state index in [0.717, 1.165) is 27.8 Å². The maximum absolute atomic E-state index is 9.91. The van der Waals surface area contributed by atoms with Crippen molar-refractivity contribution < 1.29 is 10.2 Å². The average molecular weight is 228 g/mol. The first-order valence-electron chi connectivity index (χ1n) is 5.60. The summed E-state index contributed by atoms with van der Waals surface area (Å²) >= 11 is 0. The Balaban J connectivity index is 2.61. The molecule has 0 amide bonds. The molecule has 0 radical (unpaired) electrons. The third kappa shape index (κ3) is 1.98. The number of rotatable bonds is 1. The van der Waals surface area contributed by atoms with Crippen LogP contribution in [-0.4, -0.2) is 10.2 Å². The third-order valence-corrected chi connectivity index (χ3v) is 3.15. The van der Waals surface area contributed by atoms with Crippen LogP contribution in [0.4, 0.5) is 0 Å². The first-order chi connectivity index (χ1) is 8.00. The van der Waals surface area contributed by atoms with Gasteiger partial charge in [0.15, 0.2) is 0 Å². The predicted molar refractivity (Wildman–Crippen MR) is 69.4 cm³/mol. The number of phenolic OH excluding ortho intramolecular Hbond substituents is 2. The molecule has 0 spiro atoms. The molecular weight excluding hydrogens is 212 g/mol. The Kier molecular flexibility index (Phi) is 2.80. The van der Waals surface area contributed by atoms with E-state index >= 15 is 0 Å². The standard InChI is InChI=1S/C15H16O2/c1-9-4-6-12(8-14(9)16)13-7-5-10(2)15(17)11(13)3/h4-8,16-17H,1-3H3. The van der Waals surface area contributed by atoms with E-state index in [-0.39, 0.29) is 5.75 Å². The summed E-state index contributed by atoms with van der Waals surface area (Å²) in [5.74, 6) is 0.601. The minimum Gasteiger partial charge on any atom is -0.508 e. The zero-order valence-electron chi connectivity index (χ0n) is 10.3. The zero-order valence-corrected chi connectivity index (χ0v) is 10.3. The second kappa shape index (κ2) is 4.13. The Morgan fingerprint density at radius 1 is 0.824 bits per heavy atom. The monoisotopic (exact) mass is 228 g/mol. The number of aryl methyl sites for hydroxylation is 2. The summed E-state index contributed by atoms with van der Waals surface area (Å²) in [6.45, 7) is 5.62. The van der Waals surface area contributed by atoms with E-state index in [1.807, 2.05) is 45.0 Å². The maximum atomic E-state index is 9.91. The van der Waals surface area contributed by atoms with E-state index < -0.39 is 0 Å². The molecule has 2 N–H and O–H groups in total. The van der Waals surface area contributed by atoms with Crippen molar-refractivity contribution in [3.63, 3.8) is 0 Å². The van der Waals surface area contributed by atoms with Crippen LogP contribution < -0.4 is 0 Å². The molecule has 0 atom stereocenters. The van der Waals surface area contributed by atoms with Gasteiger partial charge in [0.05, 0.1) is 0 Å². The molecule has 0 saturated carbocycles. The molecule has 0 fully saturated rings. The third-order valence-electron chi connectivity index (χ3n) is 3.15. The molecular formula is C15H16O2. The molecule has 0 aliphatic heterocycles. The van der Waals surface area contributed by atoms with Gasteiger partial charge < -0.3 is 10.2 Å². The highest BCUT2D eigenvalue weighted by Gasteiger charge is 2.09. The van der Waals surface area contributed by atoms with Gasteiger partial charge >= 0.3 is 0 Å². The smallest absolute Gasteiger partial charge is 0.122 e. The van der Waals surface area contributed by atoms with Crippen LogP contribution in [-0.2, 0) is 0 Å². The van der Waals surface area contributed by atoms with E-state index in [1.54, 1.807) is 6.07 Å². The fourth-order valence-electron chi connectivity index (χ4n) is 1.93. The SMILES string of the molecule is Cc1ccc(-c2ccc(C)c(O)c2C)cc1O. The van der Waals surface area contributed by atoms with E-state index in [0.29, 0.717) is 5.75 Å². The van der Waals surface area contributed by atoms with Crippen LogP contribution in [0.15, 0.2) is 30.3 Å². The first-order valence-corrected chi connectivity index (χ1v) is 5.60. The Bertz CT molecular complexity index is 571. The lowest BCUT2D eigenvalue weighted by atomic mass is 9.96. The van der Waals surface area contributed by atoms with Crippen molar-refractivity contribution in [1.82, 2.24) is 0 Å². The van der Waals surface area contributed by atoms with Gasteiger partial charge in [0.1, 0.15) is 11.5 Å². The van der Waals surface area contributed by atoms with Crippen molar-refractivity contribution in [1.29, 1.82) is 0 Å². The highest BCUT2D eigenvalue weighted by atomic mass is 16.3. The molecule has 2 rings (SSSR count). The van der Waals surface area contributed by atoms with Crippen molar-refractivity contribution >= 4 is 0 Å². The molecule has 0 aliphatic rings. The number of phenols is 2. The highest BCUT2D eigenvalue weighted by Crippen LogP contribution is 2.33. The van der Waals surface area contributed by atoms with Crippen LogP contribution in [0.25, 0.3) is 11.1 Å². The number of hydrogen-bond donors (Lipinski definition) is 2. The summed E-state index contributed by atoms with van der Waals surface area (Å²) in [7, 11) is 0. The molecule has 0 bridgehead atoms. The summed E-state index contributed by atoms with van der Waals surface area (Å²) in [6, 6.07) is 9.41. The Morgan fingerprint density at radius 3 is 2.12 bits per heavy atom. The van der Waals surface area contributed by atoms with Crippen LogP contribution in [0, 0.1) is 20.8 Å². The van der Waals surface area contributed by atoms with Crippen LogP contribution in [0.1, 0.15) is 16.7 Å². The summed E-state index contributed by atoms with van der Waals surface area (Å²) in [4.78, 5) is 0. The molecule has 2 heteroatoms. The lowest BCUT2D eigenvalue weighted by Crippen LogP contribution is -1.87. The van der Waals surface area contributed by atoms with E-state index in [2.05, 4.69) is 0 Å². The zero-order chi connectivity index (χ0) is 12.6. The van der Waals surface area contributed by atoms with Crippen LogP contribution >= 0.6 is 0 Å². The largest absolute Gasteiger partial charge is 0.508 e. The molecule has 2 aromatic carbocycles. The quantitative estimate of drug-likeness (QED) is 0.781. The number of hydrogen-bond acceptors (Lipinski definition) is 2. The van der Waals surface area contributed by atoms with Gasteiger partial charge in [0, 0.05) is 0 Å².